The van der Waals surface area contributed by atoms with E-state index in [1.165, 1.54) is 6.08 Å². The number of carbonyl (C=O) groups excluding carboxylic acids is 1. The molecule has 6 heteroatoms. The molecule has 0 saturated carbocycles. The van der Waals surface area contributed by atoms with Gasteiger partial charge in [-0.05, 0) is 62.4 Å². The van der Waals surface area contributed by atoms with Gasteiger partial charge in [0.25, 0.3) is 5.91 Å². The molecule has 0 aliphatic heterocycles. The lowest BCUT2D eigenvalue weighted by Crippen LogP contribution is -2.13. The minimum atomic E-state index is -0.487. The van der Waals surface area contributed by atoms with E-state index in [-0.39, 0.29) is 5.57 Å². The molecule has 0 bridgehead atoms. The maximum Gasteiger partial charge on any atom is 0.266 e. The molecular formula is C20H19BrN2O3. The number of rotatable bonds is 7. The Morgan fingerprint density at radius 2 is 1.85 bits per heavy atom. The summed E-state index contributed by atoms with van der Waals surface area (Å²) in [7, 11) is 0. The molecule has 0 unspecified atom stereocenters. The van der Waals surface area contributed by atoms with Crippen LogP contribution in [0.1, 0.15) is 19.4 Å². The van der Waals surface area contributed by atoms with Crippen molar-refractivity contribution in [3.63, 3.8) is 0 Å². The average Bonchev–Trinajstić information content (AvgIpc) is 2.63. The normalized spacial score (nSPS) is 10.8. The zero-order valence-corrected chi connectivity index (χ0v) is 16.2. The van der Waals surface area contributed by atoms with Gasteiger partial charge >= 0.3 is 0 Å². The fraction of sp³-hybridized carbons (Fsp3) is 0.200. The van der Waals surface area contributed by atoms with Crippen molar-refractivity contribution in [1.82, 2.24) is 0 Å². The topological polar surface area (TPSA) is 71.3 Å². The van der Waals surface area contributed by atoms with Gasteiger partial charge in [-0.3, -0.25) is 4.79 Å². The summed E-state index contributed by atoms with van der Waals surface area (Å²) < 4.78 is 11.7. The zero-order chi connectivity index (χ0) is 18.9. The first-order chi connectivity index (χ1) is 12.6. The van der Waals surface area contributed by atoms with Crippen molar-refractivity contribution in [3.8, 4) is 17.6 Å². The number of carbonyl (C=O) groups is 1. The molecule has 0 atom stereocenters. The third-order valence-corrected chi connectivity index (χ3v) is 3.85. The summed E-state index contributed by atoms with van der Waals surface area (Å²) in [6.07, 6.45) is 1.51. The van der Waals surface area contributed by atoms with Gasteiger partial charge in [-0.2, -0.15) is 5.26 Å². The number of hydrogen-bond acceptors (Lipinski definition) is 4. The fourth-order valence-corrected chi connectivity index (χ4v) is 2.60. The molecule has 0 saturated heterocycles. The second kappa shape index (κ2) is 9.64. The van der Waals surface area contributed by atoms with Crippen molar-refractivity contribution in [1.29, 1.82) is 5.26 Å². The molecule has 134 valence electrons. The van der Waals surface area contributed by atoms with Crippen LogP contribution in [0, 0.1) is 11.3 Å². The van der Waals surface area contributed by atoms with Crippen molar-refractivity contribution in [2.45, 2.75) is 13.8 Å². The van der Waals surface area contributed by atoms with E-state index < -0.39 is 5.91 Å². The number of amides is 1. The minimum Gasteiger partial charge on any atom is -0.494 e. The first kappa shape index (κ1) is 19.5. The molecule has 2 aromatic carbocycles. The number of anilines is 1. The number of halogens is 1. The van der Waals surface area contributed by atoms with Gasteiger partial charge in [0.1, 0.15) is 23.1 Å². The molecule has 0 spiro atoms. The van der Waals surface area contributed by atoms with Crippen LogP contribution in [0.15, 0.2) is 52.5 Å². The van der Waals surface area contributed by atoms with Gasteiger partial charge in [0.15, 0.2) is 0 Å². The maximum atomic E-state index is 12.4. The summed E-state index contributed by atoms with van der Waals surface area (Å²) in [6, 6.07) is 14.3. The van der Waals surface area contributed by atoms with Crippen LogP contribution in [-0.4, -0.2) is 19.1 Å². The van der Waals surface area contributed by atoms with E-state index in [0.29, 0.717) is 30.2 Å². The summed E-state index contributed by atoms with van der Waals surface area (Å²) in [6.45, 7) is 4.84. The largest absolute Gasteiger partial charge is 0.494 e. The number of ether oxygens (including phenoxy) is 2. The maximum absolute atomic E-state index is 12.4. The van der Waals surface area contributed by atoms with Crippen LogP contribution in [-0.2, 0) is 4.79 Å². The molecule has 0 aromatic heterocycles. The highest BCUT2D eigenvalue weighted by Gasteiger charge is 2.12. The Bertz CT molecular complexity index is 839. The molecule has 0 fully saturated rings. The van der Waals surface area contributed by atoms with Crippen LogP contribution in [0.5, 0.6) is 11.5 Å². The Kier molecular flexibility index (Phi) is 7.24. The SMILES string of the molecule is CCOc1ccc(NC(=O)/C(C#N)=C/c2cc(Br)ccc2OCC)cc1. The van der Waals surface area contributed by atoms with Crippen molar-refractivity contribution >= 4 is 33.6 Å². The average molecular weight is 415 g/mol. The summed E-state index contributed by atoms with van der Waals surface area (Å²) in [4.78, 5) is 12.4. The molecule has 26 heavy (non-hydrogen) atoms. The number of nitrogens with zero attached hydrogens (tertiary/aromatic N) is 1. The predicted octanol–water partition coefficient (Wildman–Crippen LogP) is 4.79. The van der Waals surface area contributed by atoms with Gasteiger partial charge in [0.05, 0.1) is 13.2 Å². The Morgan fingerprint density at radius 1 is 1.15 bits per heavy atom. The highest BCUT2D eigenvalue weighted by Crippen LogP contribution is 2.26. The quantitative estimate of drug-likeness (QED) is 0.521. The molecule has 0 heterocycles. The molecule has 5 nitrogen and oxygen atoms in total. The van der Waals surface area contributed by atoms with E-state index in [9.17, 15) is 10.1 Å². The van der Waals surface area contributed by atoms with Gasteiger partial charge in [-0.1, -0.05) is 15.9 Å². The lowest BCUT2D eigenvalue weighted by atomic mass is 10.1. The minimum absolute atomic E-state index is 0.0158. The summed E-state index contributed by atoms with van der Waals surface area (Å²) in [5.74, 6) is 0.841. The van der Waals surface area contributed by atoms with Gasteiger partial charge < -0.3 is 14.8 Å². The summed E-state index contributed by atoms with van der Waals surface area (Å²) >= 11 is 3.39. The van der Waals surface area contributed by atoms with Crippen molar-refractivity contribution < 1.29 is 14.3 Å². The van der Waals surface area contributed by atoms with E-state index >= 15 is 0 Å². The molecule has 0 aliphatic rings. The number of hydrogen-bond donors (Lipinski definition) is 1. The second-order valence-corrected chi connectivity index (χ2v) is 6.11. The van der Waals surface area contributed by atoms with Crippen molar-refractivity contribution in [2.24, 2.45) is 0 Å². The van der Waals surface area contributed by atoms with Gasteiger partial charge in [0.2, 0.25) is 0 Å². The van der Waals surface area contributed by atoms with E-state index in [2.05, 4.69) is 21.2 Å². The third kappa shape index (κ3) is 5.36. The number of benzene rings is 2. The van der Waals surface area contributed by atoms with Gasteiger partial charge in [0, 0.05) is 15.7 Å². The molecule has 2 rings (SSSR count). The molecule has 1 N–H and O–H groups in total. The summed E-state index contributed by atoms with van der Waals surface area (Å²) in [5, 5.41) is 12.1. The Labute approximate surface area is 161 Å². The van der Waals surface area contributed by atoms with Crippen LogP contribution in [0.2, 0.25) is 0 Å². The smallest absolute Gasteiger partial charge is 0.266 e. The Balaban J connectivity index is 2.22. The fourth-order valence-electron chi connectivity index (χ4n) is 2.22. The first-order valence-electron chi connectivity index (χ1n) is 8.15. The van der Waals surface area contributed by atoms with E-state index in [4.69, 9.17) is 9.47 Å². The van der Waals surface area contributed by atoms with E-state index in [1.54, 1.807) is 36.4 Å². The second-order valence-electron chi connectivity index (χ2n) is 5.20. The first-order valence-corrected chi connectivity index (χ1v) is 8.95. The lowest BCUT2D eigenvalue weighted by molar-refractivity contribution is -0.112. The van der Waals surface area contributed by atoms with Gasteiger partial charge in [-0.15, -0.1) is 0 Å². The summed E-state index contributed by atoms with van der Waals surface area (Å²) in [5.41, 5.74) is 1.22. The molecule has 0 aliphatic carbocycles. The molecule has 2 aromatic rings. The van der Waals surface area contributed by atoms with E-state index in [0.717, 1.165) is 10.2 Å². The van der Waals surface area contributed by atoms with E-state index in [1.807, 2.05) is 26.0 Å². The number of nitrogens with one attached hydrogen (secondary N) is 1. The third-order valence-electron chi connectivity index (χ3n) is 3.36. The Morgan fingerprint density at radius 3 is 2.46 bits per heavy atom. The number of nitriles is 1. The Hall–Kier alpha value is -2.78. The lowest BCUT2D eigenvalue weighted by Gasteiger charge is -2.09. The standard InChI is InChI=1S/C20H19BrN2O3/c1-3-25-18-8-6-17(7-9-18)23-20(24)15(13-22)11-14-12-16(21)5-10-19(14)26-4-2/h5-12H,3-4H2,1-2H3,(H,23,24)/b15-11+. The highest BCUT2D eigenvalue weighted by atomic mass is 79.9. The van der Waals surface area contributed by atoms with Crippen molar-refractivity contribution in [3.05, 3.63) is 58.1 Å². The van der Waals surface area contributed by atoms with Crippen LogP contribution >= 0.6 is 15.9 Å². The molecular weight excluding hydrogens is 396 g/mol. The zero-order valence-electron chi connectivity index (χ0n) is 14.6. The van der Waals surface area contributed by atoms with Gasteiger partial charge in [-0.25, -0.2) is 0 Å². The monoisotopic (exact) mass is 414 g/mol. The van der Waals surface area contributed by atoms with Crippen LogP contribution < -0.4 is 14.8 Å². The predicted molar refractivity (Wildman–Crippen MR) is 105 cm³/mol. The molecule has 1 amide bonds. The highest BCUT2D eigenvalue weighted by molar-refractivity contribution is 9.10. The van der Waals surface area contributed by atoms with Crippen molar-refractivity contribution in [2.75, 3.05) is 18.5 Å². The van der Waals surface area contributed by atoms with Crippen LogP contribution in [0.3, 0.4) is 0 Å². The van der Waals surface area contributed by atoms with Crippen LogP contribution in [0.4, 0.5) is 5.69 Å². The van der Waals surface area contributed by atoms with Crippen LogP contribution in [0.25, 0.3) is 6.08 Å². The molecule has 0 radical (unpaired) electrons.